The van der Waals surface area contributed by atoms with E-state index in [0.29, 0.717) is 11.7 Å². The second kappa shape index (κ2) is 10.0. The van der Waals surface area contributed by atoms with Gasteiger partial charge in [-0.2, -0.15) is 5.26 Å². The van der Waals surface area contributed by atoms with Gasteiger partial charge in [0.1, 0.15) is 17.4 Å². The fourth-order valence-corrected chi connectivity index (χ4v) is 3.42. The van der Waals surface area contributed by atoms with Crippen LogP contribution in [0.15, 0.2) is 64.0 Å². The summed E-state index contributed by atoms with van der Waals surface area (Å²) in [6.45, 7) is 2.69. The van der Waals surface area contributed by atoms with Crippen LogP contribution in [0.5, 0.6) is 5.75 Å². The molecule has 0 spiro atoms. The Morgan fingerprint density at radius 2 is 1.97 bits per heavy atom. The van der Waals surface area contributed by atoms with Gasteiger partial charge in [0.25, 0.3) is 5.91 Å². The zero-order valence-electron chi connectivity index (χ0n) is 15.7. The molecule has 3 aromatic rings. The van der Waals surface area contributed by atoms with Gasteiger partial charge < -0.3 is 4.74 Å². The predicted molar refractivity (Wildman–Crippen MR) is 120 cm³/mol. The number of ether oxygens (including phenoxy) is 1. The zero-order chi connectivity index (χ0) is 20.6. The van der Waals surface area contributed by atoms with Gasteiger partial charge in [-0.25, -0.2) is 4.98 Å². The minimum Gasteiger partial charge on any atom is -0.494 e. The molecule has 2 aromatic carbocycles. The number of amides is 1. The highest BCUT2D eigenvalue weighted by Crippen LogP contribution is 2.26. The molecule has 0 radical (unpaired) electrons. The molecule has 0 aliphatic rings. The Hall–Kier alpha value is -2.95. The van der Waals surface area contributed by atoms with Gasteiger partial charge >= 0.3 is 0 Å². The summed E-state index contributed by atoms with van der Waals surface area (Å²) in [5.74, 6) is 0.269. The van der Waals surface area contributed by atoms with Crippen molar-refractivity contribution in [2.45, 2.75) is 13.3 Å². The highest BCUT2D eigenvalue weighted by molar-refractivity contribution is 9.10. The Morgan fingerprint density at radius 1 is 1.24 bits per heavy atom. The van der Waals surface area contributed by atoms with Gasteiger partial charge in [-0.3, -0.25) is 10.1 Å². The second-order valence-electron chi connectivity index (χ2n) is 6.09. The monoisotopic (exact) mass is 467 g/mol. The normalized spacial score (nSPS) is 11.0. The highest BCUT2D eigenvalue weighted by atomic mass is 79.9. The van der Waals surface area contributed by atoms with Crippen LogP contribution in [-0.2, 0) is 4.79 Å². The summed E-state index contributed by atoms with van der Waals surface area (Å²) in [5, 5.41) is 14.4. The summed E-state index contributed by atoms with van der Waals surface area (Å²) in [6, 6.07) is 17.0. The van der Waals surface area contributed by atoms with E-state index in [1.54, 1.807) is 6.08 Å². The Bertz CT molecular complexity index is 1050. The molecule has 0 aliphatic heterocycles. The summed E-state index contributed by atoms with van der Waals surface area (Å²) in [5.41, 5.74) is 2.47. The van der Waals surface area contributed by atoms with Crippen LogP contribution in [0.4, 0.5) is 5.13 Å². The number of nitriles is 1. The van der Waals surface area contributed by atoms with Crippen LogP contribution >= 0.6 is 27.3 Å². The van der Waals surface area contributed by atoms with Crippen molar-refractivity contribution in [2.24, 2.45) is 0 Å². The number of thiazole rings is 1. The molecule has 1 amide bonds. The molecule has 0 atom stereocenters. The van der Waals surface area contributed by atoms with Crippen molar-refractivity contribution in [1.29, 1.82) is 5.26 Å². The van der Waals surface area contributed by atoms with Crippen molar-refractivity contribution in [3.05, 3.63) is 69.5 Å². The fourth-order valence-electron chi connectivity index (χ4n) is 2.44. The molecule has 3 rings (SSSR count). The van der Waals surface area contributed by atoms with Gasteiger partial charge in [-0.15, -0.1) is 11.3 Å². The lowest BCUT2D eigenvalue weighted by atomic mass is 10.1. The number of carbonyl (C=O) groups excluding carboxylic acids is 1. The maximum atomic E-state index is 12.5. The third-order valence-corrected chi connectivity index (χ3v) is 5.18. The number of rotatable bonds is 7. The maximum Gasteiger partial charge on any atom is 0.268 e. The summed E-state index contributed by atoms with van der Waals surface area (Å²) < 4.78 is 6.52. The number of aromatic nitrogens is 1. The van der Waals surface area contributed by atoms with Crippen LogP contribution in [0, 0.1) is 11.3 Å². The number of carbonyl (C=O) groups is 1. The quantitative estimate of drug-likeness (QED) is 0.346. The number of anilines is 1. The summed E-state index contributed by atoms with van der Waals surface area (Å²) in [4.78, 5) is 16.9. The van der Waals surface area contributed by atoms with Crippen LogP contribution in [0.3, 0.4) is 0 Å². The summed E-state index contributed by atoms with van der Waals surface area (Å²) in [6.07, 6.45) is 2.48. The third kappa shape index (κ3) is 5.76. The van der Waals surface area contributed by atoms with Crippen molar-refractivity contribution in [3.8, 4) is 23.1 Å². The van der Waals surface area contributed by atoms with E-state index in [2.05, 4.69) is 26.2 Å². The molecule has 5 nitrogen and oxygen atoms in total. The van der Waals surface area contributed by atoms with Gasteiger partial charge in [-0.05, 0) is 42.3 Å². The fraction of sp³-hybridized carbons (Fsp3) is 0.136. The average Bonchev–Trinajstić information content (AvgIpc) is 3.20. The number of hydrogen-bond acceptors (Lipinski definition) is 5. The van der Waals surface area contributed by atoms with E-state index in [4.69, 9.17) is 4.74 Å². The minimum absolute atomic E-state index is 0.00705. The summed E-state index contributed by atoms with van der Waals surface area (Å²) >= 11 is 4.72. The van der Waals surface area contributed by atoms with E-state index >= 15 is 0 Å². The minimum atomic E-state index is -0.490. The number of nitrogens with zero attached hydrogens (tertiary/aromatic N) is 2. The van der Waals surface area contributed by atoms with E-state index in [0.717, 1.165) is 33.5 Å². The van der Waals surface area contributed by atoms with Crippen LogP contribution in [-0.4, -0.2) is 17.5 Å². The predicted octanol–water partition coefficient (Wildman–Crippen LogP) is 5.91. The Morgan fingerprint density at radius 3 is 2.62 bits per heavy atom. The zero-order valence-corrected chi connectivity index (χ0v) is 18.1. The van der Waals surface area contributed by atoms with E-state index < -0.39 is 5.91 Å². The van der Waals surface area contributed by atoms with Gasteiger partial charge in [0.2, 0.25) is 0 Å². The lowest BCUT2D eigenvalue weighted by molar-refractivity contribution is -0.112. The van der Waals surface area contributed by atoms with Crippen molar-refractivity contribution < 1.29 is 9.53 Å². The number of benzene rings is 2. The molecule has 0 bridgehead atoms. The molecule has 1 aromatic heterocycles. The molecule has 0 aliphatic carbocycles. The Kier molecular flexibility index (Phi) is 7.17. The van der Waals surface area contributed by atoms with Gasteiger partial charge in [0, 0.05) is 15.4 Å². The van der Waals surface area contributed by atoms with Crippen LogP contribution in [0.1, 0.15) is 18.9 Å². The molecule has 0 unspecified atom stereocenters. The van der Waals surface area contributed by atoms with Crippen molar-refractivity contribution in [3.63, 3.8) is 0 Å². The van der Waals surface area contributed by atoms with Crippen molar-refractivity contribution in [2.75, 3.05) is 11.9 Å². The number of nitrogens with one attached hydrogen (secondary N) is 1. The molecule has 29 heavy (non-hydrogen) atoms. The van der Waals surface area contributed by atoms with Crippen molar-refractivity contribution in [1.82, 2.24) is 4.98 Å². The maximum absolute atomic E-state index is 12.5. The van der Waals surface area contributed by atoms with Crippen LogP contribution < -0.4 is 10.1 Å². The van der Waals surface area contributed by atoms with E-state index in [-0.39, 0.29) is 5.57 Å². The number of halogens is 1. The topological polar surface area (TPSA) is 75.0 Å². The molecule has 0 fully saturated rings. The first-order valence-corrected chi connectivity index (χ1v) is 10.6. The largest absolute Gasteiger partial charge is 0.494 e. The SMILES string of the molecule is CCCOc1ccc(/C=C(\C#N)C(=O)Nc2nc(-c3ccc(Br)cc3)cs2)cc1. The molecule has 146 valence electrons. The van der Waals surface area contributed by atoms with Gasteiger partial charge in [0.15, 0.2) is 5.13 Å². The summed E-state index contributed by atoms with van der Waals surface area (Å²) in [7, 11) is 0. The first kappa shape index (κ1) is 20.8. The molecule has 1 N–H and O–H groups in total. The van der Waals surface area contributed by atoms with E-state index in [1.807, 2.05) is 66.9 Å². The average molecular weight is 468 g/mol. The molecule has 1 heterocycles. The van der Waals surface area contributed by atoms with Crippen LogP contribution in [0.25, 0.3) is 17.3 Å². The lowest BCUT2D eigenvalue weighted by Crippen LogP contribution is -2.13. The third-order valence-electron chi connectivity index (χ3n) is 3.89. The molecule has 0 saturated heterocycles. The van der Waals surface area contributed by atoms with Gasteiger partial charge in [-0.1, -0.05) is 47.1 Å². The molecular formula is C22H18BrN3O2S. The van der Waals surface area contributed by atoms with Gasteiger partial charge in [0.05, 0.1) is 12.3 Å². The Balaban J connectivity index is 1.69. The number of hydrogen-bond donors (Lipinski definition) is 1. The molecule has 7 heteroatoms. The highest BCUT2D eigenvalue weighted by Gasteiger charge is 2.12. The molecule has 0 saturated carbocycles. The smallest absolute Gasteiger partial charge is 0.268 e. The van der Waals surface area contributed by atoms with Crippen LogP contribution in [0.2, 0.25) is 0 Å². The second-order valence-corrected chi connectivity index (χ2v) is 7.86. The Labute approximate surface area is 181 Å². The van der Waals surface area contributed by atoms with E-state index in [1.165, 1.54) is 11.3 Å². The first-order valence-electron chi connectivity index (χ1n) is 8.96. The lowest BCUT2D eigenvalue weighted by Gasteiger charge is -2.04. The van der Waals surface area contributed by atoms with Crippen molar-refractivity contribution >= 4 is 44.4 Å². The van der Waals surface area contributed by atoms with E-state index in [9.17, 15) is 10.1 Å². The first-order chi connectivity index (χ1) is 14.1. The molecular weight excluding hydrogens is 450 g/mol. The standard InChI is InChI=1S/C22H18BrN3O2S/c1-2-11-28-19-9-3-15(4-10-19)12-17(13-24)21(27)26-22-25-20(14-29-22)16-5-7-18(23)8-6-16/h3-10,12,14H,2,11H2,1H3,(H,25,26,27)/b17-12+.